The van der Waals surface area contributed by atoms with Gasteiger partial charge in [0.1, 0.15) is 0 Å². The van der Waals surface area contributed by atoms with Crippen molar-refractivity contribution in [2.75, 3.05) is 33.2 Å². The van der Waals surface area contributed by atoms with Crippen LogP contribution in [0, 0.1) is 5.41 Å². The van der Waals surface area contributed by atoms with Crippen LogP contribution < -0.4 is 5.32 Å². The molecule has 0 saturated carbocycles. The molecule has 23 heavy (non-hydrogen) atoms. The Morgan fingerprint density at radius 2 is 1.57 bits per heavy atom. The predicted octanol–water partition coefficient (Wildman–Crippen LogP) is 2.50. The number of nitrogens with zero attached hydrogens (tertiary/aromatic N) is 3. The molecule has 0 aliphatic carbocycles. The van der Waals surface area contributed by atoms with Crippen LogP contribution in [0.25, 0.3) is 0 Å². The minimum Gasteiger partial charge on any atom is -0.340 e. The monoisotopic (exact) mass is 322 g/mol. The first-order chi connectivity index (χ1) is 10.5. The molecular formula is C18H34N4O. The Morgan fingerprint density at radius 3 is 1.96 bits per heavy atom. The number of hydrogen-bond acceptors (Lipinski definition) is 3. The number of carbonyl (C=O) groups excluding carboxylic acids is 1. The van der Waals surface area contributed by atoms with Gasteiger partial charge < -0.3 is 10.2 Å². The summed E-state index contributed by atoms with van der Waals surface area (Å²) in [5, 5.41) is 3.22. The maximum atomic E-state index is 12.2. The largest absolute Gasteiger partial charge is 0.340 e. The SMILES string of the molecule is CN=C(N/C=C(\C)C(=O)C(C)(C)C)N1CCN(C(C)(C)C)CC1. The predicted molar refractivity (Wildman–Crippen MR) is 97.6 cm³/mol. The Kier molecular flexibility index (Phi) is 6.40. The van der Waals surface area contributed by atoms with Crippen LogP contribution in [-0.2, 0) is 4.79 Å². The molecule has 0 aromatic heterocycles. The molecule has 1 rings (SSSR count). The second-order valence-corrected chi connectivity index (χ2v) is 8.24. The smallest absolute Gasteiger partial charge is 0.197 e. The Hall–Kier alpha value is -1.36. The number of nitrogens with one attached hydrogen (secondary N) is 1. The summed E-state index contributed by atoms with van der Waals surface area (Å²) in [6, 6.07) is 0. The maximum Gasteiger partial charge on any atom is 0.197 e. The van der Waals surface area contributed by atoms with Crippen molar-refractivity contribution in [2.45, 2.75) is 54.0 Å². The van der Waals surface area contributed by atoms with Gasteiger partial charge >= 0.3 is 0 Å². The number of rotatable bonds is 2. The Labute approximate surface area is 141 Å². The zero-order chi connectivity index (χ0) is 17.8. The van der Waals surface area contributed by atoms with Crippen LogP contribution in [0.4, 0.5) is 0 Å². The van der Waals surface area contributed by atoms with Crippen molar-refractivity contribution in [3.63, 3.8) is 0 Å². The van der Waals surface area contributed by atoms with Crippen LogP contribution in [0.3, 0.4) is 0 Å². The highest BCUT2D eigenvalue weighted by Crippen LogP contribution is 2.19. The number of guanidine groups is 1. The molecule has 5 nitrogen and oxygen atoms in total. The third-order valence-corrected chi connectivity index (χ3v) is 4.20. The summed E-state index contributed by atoms with van der Waals surface area (Å²) >= 11 is 0. The molecular weight excluding hydrogens is 288 g/mol. The lowest BCUT2D eigenvalue weighted by molar-refractivity contribution is -0.122. The summed E-state index contributed by atoms with van der Waals surface area (Å²) in [7, 11) is 1.78. The molecule has 1 heterocycles. The third-order valence-electron chi connectivity index (χ3n) is 4.20. The quantitative estimate of drug-likeness (QED) is 0.482. The average Bonchev–Trinajstić information content (AvgIpc) is 2.45. The van der Waals surface area contributed by atoms with E-state index >= 15 is 0 Å². The van der Waals surface area contributed by atoms with Crippen LogP contribution in [0.15, 0.2) is 16.8 Å². The number of aliphatic imine (C=N–C) groups is 1. The van der Waals surface area contributed by atoms with Crippen molar-refractivity contribution in [3.8, 4) is 0 Å². The number of Topliss-reactive ketones (excluding diaryl/α,β-unsaturated/α-hetero) is 1. The molecule has 1 fully saturated rings. The van der Waals surface area contributed by atoms with Crippen LogP contribution in [-0.4, -0.2) is 60.3 Å². The van der Waals surface area contributed by atoms with E-state index in [4.69, 9.17) is 0 Å². The summed E-state index contributed by atoms with van der Waals surface area (Å²) < 4.78 is 0. The molecule has 132 valence electrons. The van der Waals surface area contributed by atoms with E-state index in [1.807, 2.05) is 27.7 Å². The van der Waals surface area contributed by atoms with E-state index in [-0.39, 0.29) is 16.7 Å². The lowest BCUT2D eigenvalue weighted by Gasteiger charge is -2.43. The second kappa shape index (κ2) is 7.47. The number of hydrogen-bond donors (Lipinski definition) is 1. The topological polar surface area (TPSA) is 47.9 Å². The summed E-state index contributed by atoms with van der Waals surface area (Å²) in [6.45, 7) is 18.3. The summed E-state index contributed by atoms with van der Waals surface area (Å²) in [4.78, 5) is 21.3. The van der Waals surface area contributed by atoms with Gasteiger partial charge in [0.25, 0.3) is 0 Å². The Bertz CT molecular complexity index is 472. The van der Waals surface area contributed by atoms with Crippen molar-refractivity contribution >= 4 is 11.7 Å². The van der Waals surface area contributed by atoms with Crippen molar-refractivity contribution in [3.05, 3.63) is 11.8 Å². The number of carbonyl (C=O) groups is 1. The molecule has 0 unspecified atom stereocenters. The van der Waals surface area contributed by atoms with Crippen molar-refractivity contribution < 1.29 is 4.79 Å². The Balaban J connectivity index is 2.65. The standard InChI is InChI=1S/C18H34N4O/c1-14(15(23)17(2,3)4)13-20-16(19-8)21-9-11-22(12-10-21)18(5,6)7/h13H,9-12H2,1-8H3,(H,19,20)/b14-13+. The normalized spacial score (nSPS) is 19.0. The molecule has 5 heteroatoms. The van der Waals surface area contributed by atoms with E-state index in [2.05, 4.69) is 40.9 Å². The molecule has 0 bridgehead atoms. The van der Waals surface area contributed by atoms with Crippen molar-refractivity contribution in [1.82, 2.24) is 15.1 Å². The van der Waals surface area contributed by atoms with E-state index in [0.717, 1.165) is 37.7 Å². The highest BCUT2D eigenvalue weighted by Gasteiger charge is 2.27. The van der Waals surface area contributed by atoms with Gasteiger partial charge in [0.15, 0.2) is 11.7 Å². The first kappa shape index (κ1) is 19.7. The van der Waals surface area contributed by atoms with Gasteiger partial charge in [-0.2, -0.15) is 0 Å². The summed E-state index contributed by atoms with van der Waals surface area (Å²) in [5.74, 6) is 0.984. The highest BCUT2D eigenvalue weighted by atomic mass is 16.1. The van der Waals surface area contributed by atoms with E-state index in [0.29, 0.717) is 0 Å². The van der Waals surface area contributed by atoms with Crippen molar-refractivity contribution in [1.29, 1.82) is 0 Å². The molecule has 1 N–H and O–H groups in total. The minimum atomic E-state index is -0.357. The van der Waals surface area contributed by atoms with Gasteiger partial charge in [-0.05, 0) is 27.7 Å². The van der Waals surface area contributed by atoms with Crippen LogP contribution in [0.5, 0.6) is 0 Å². The van der Waals surface area contributed by atoms with Gasteiger partial charge in [-0.1, -0.05) is 20.8 Å². The number of ketones is 1. The molecule has 1 aliphatic heterocycles. The van der Waals surface area contributed by atoms with Crippen molar-refractivity contribution in [2.24, 2.45) is 10.4 Å². The first-order valence-corrected chi connectivity index (χ1v) is 8.41. The lowest BCUT2D eigenvalue weighted by Crippen LogP contribution is -2.56. The van der Waals surface area contributed by atoms with Crippen LogP contribution in [0.1, 0.15) is 48.5 Å². The van der Waals surface area contributed by atoms with Gasteiger partial charge in [0.05, 0.1) is 0 Å². The fourth-order valence-electron chi connectivity index (χ4n) is 2.72. The average molecular weight is 322 g/mol. The molecule has 0 aromatic carbocycles. The van der Waals surface area contributed by atoms with Crippen LogP contribution in [0.2, 0.25) is 0 Å². The van der Waals surface area contributed by atoms with E-state index in [1.165, 1.54) is 0 Å². The molecule has 0 radical (unpaired) electrons. The number of piperazine rings is 1. The van der Waals surface area contributed by atoms with Gasteiger partial charge in [0.2, 0.25) is 0 Å². The zero-order valence-electron chi connectivity index (χ0n) is 16.2. The fourth-order valence-corrected chi connectivity index (χ4v) is 2.72. The van der Waals surface area contributed by atoms with Gasteiger partial charge in [-0.25, -0.2) is 0 Å². The maximum absolute atomic E-state index is 12.2. The molecule has 0 spiro atoms. The van der Waals surface area contributed by atoms with E-state index in [9.17, 15) is 4.79 Å². The first-order valence-electron chi connectivity index (χ1n) is 8.41. The van der Waals surface area contributed by atoms with Gasteiger partial charge in [-0.3, -0.25) is 14.7 Å². The highest BCUT2D eigenvalue weighted by molar-refractivity contribution is 5.99. The second-order valence-electron chi connectivity index (χ2n) is 8.24. The van der Waals surface area contributed by atoms with Gasteiger partial charge in [0, 0.05) is 56.0 Å². The van der Waals surface area contributed by atoms with E-state index < -0.39 is 0 Å². The Morgan fingerprint density at radius 1 is 1.04 bits per heavy atom. The molecule has 0 aromatic rings. The lowest BCUT2D eigenvalue weighted by atomic mass is 9.87. The molecule has 1 saturated heterocycles. The molecule has 1 aliphatic rings. The minimum absolute atomic E-state index is 0.151. The van der Waals surface area contributed by atoms with Crippen LogP contribution >= 0.6 is 0 Å². The number of allylic oxidation sites excluding steroid dienone is 1. The summed E-state index contributed by atoms with van der Waals surface area (Å²) in [6.07, 6.45) is 1.78. The third kappa shape index (κ3) is 5.65. The summed E-state index contributed by atoms with van der Waals surface area (Å²) in [5.41, 5.74) is 0.579. The van der Waals surface area contributed by atoms with E-state index in [1.54, 1.807) is 13.2 Å². The molecule has 0 amide bonds. The zero-order valence-corrected chi connectivity index (χ0v) is 16.2. The fraction of sp³-hybridized carbons (Fsp3) is 0.778. The van der Waals surface area contributed by atoms with Gasteiger partial charge in [-0.15, -0.1) is 0 Å². The molecule has 0 atom stereocenters.